The average molecular weight is 322 g/mol. The summed E-state index contributed by atoms with van der Waals surface area (Å²) < 4.78 is 0. The van der Waals surface area contributed by atoms with Crippen molar-refractivity contribution in [2.24, 2.45) is 5.92 Å². The highest BCUT2D eigenvalue weighted by Crippen LogP contribution is 2.45. The van der Waals surface area contributed by atoms with Crippen molar-refractivity contribution in [3.63, 3.8) is 0 Å². The molecule has 3 N–H and O–H groups in total. The zero-order valence-electron chi connectivity index (χ0n) is 14.0. The molecule has 0 radical (unpaired) electrons. The summed E-state index contributed by atoms with van der Waals surface area (Å²) in [4.78, 5) is 16.3. The topological polar surface area (TPSA) is 77.9 Å². The maximum absolute atomic E-state index is 12.1. The summed E-state index contributed by atoms with van der Waals surface area (Å²) in [6, 6.07) is 10.0. The van der Waals surface area contributed by atoms with Gasteiger partial charge in [-0.2, -0.15) is 0 Å². The van der Waals surface area contributed by atoms with Gasteiger partial charge in [-0.3, -0.25) is 10.4 Å². The number of aromatic nitrogens is 1. The van der Waals surface area contributed by atoms with Gasteiger partial charge in [0.25, 0.3) is 0 Å². The molecule has 1 unspecified atom stereocenters. The fraction of sp³-hybridized carbons (Fsp3) is 0.316. The van der Waals surface area contributed by atoms with Crippen molar-refractivity contribution in [2.75, 3.05) is 7.05 Å². The van der Waals surface area contributed by atoms with Gasteiger partial charge in [-0.1, -0.05) is 18.2 Å². The normalized spacial score (nSPS) is 16.1. The van der Waals surface area contributed by atoms with Crippen LogP contribution in [0.2, 0.25) is 0 Å². The summed E-state index contributed by atoms with van der Waals surface area (Å²) >= 11 is 0. The Hall–Kier alpha value is -2.69. The first-order chi connectivity index (χ1) is 11.6. The minimum absolute atomic E-state index is 0.150. The van der Waals surface area contributed by atoms with Gasteiger partial charge in [0, 0.05) is 25.0 Å². The Morgan fingerprint density at radius 3 is 2.71 bits per heavy atom. The average Bonchev–Trinajstić information content (AvgIpc) is 3.45. The van der Waals surface area contributed by atoms with Gasteiger partial charge in [0.15, 0.2) is 5.96 Å². The molecule has 0 saturated heterocycles. The van der Waals surface area contributed by atoms with Crippen LogP contribution in [-0.2, 0) is 10.3 Å². The third-order valence-corrected chi connectivity index (χ3v) is 4.54. The van der Waals surface area contributed by atoms with Gasteiger partial charge in [-0.05, 0) is 54.5 Å². The number of rotatable bonds is 5. The van der Waals surface area contributed by atoms with Crippen molar-refractivity contribution < 1.29 is 4.79 Å². The summed E-state index contributed by atoms with van der Waals surface area (Å²) in [7, 11) is 1.67. The molecular weight excluding hydrogens is 300 g/mol. The van der Waals surface area contributed by atoms with Gasteiger partial charge in [-0.15, -0.1) is 0 Å². The van der Waals surface area contributed by atoms with Gasteiger partial charge >= 0.3 is 0 Å². The van der Waals surface area contributed by atoms with E-state index >= 15 is 0 Å². The van der Waals surface area contributed by atoms with Crippen LogP contribution in [0.4, 0.5) is 0 Å². The molecule has 1 fully saturated rings. The van der Waals surface area contributed by atoms with Crippen molar-refractivity contribution in [1.82, 2.24) is 15.6 Å². The van der Waals surface area contributed by atoms with E-state index in [-0.39, 0.29) is 11.9 Å². The third kappa shape index (κ3) is 3.02. The molecule has 5 nitrogen and oxygen atoms in total. The van der Waals surface area contributed by atoms with E-state index in [0.717, 1.165) is 41.4 Å². The molecule has 1 aromatic heterocycles. The number of hydrogen-bond acceptors (Lipinski definition) is 3. The van der Waals surface area contributed by atoms with Crippen molar-refractivity contribution in [3.8, 4) is 11.1 Å². The number of nitrogens with zero attached hydrogens (tertiary/aromatic N) is 1. The number of carbonyl (C=O) groups excluding carboxylic acids is 1. The molecule has 0 bridgehead atoms. The number of carbonyl (C=O) groups is 1. The Bertz CT molecular complexity index is 769. The van der Waals surface area contributed by atoms with Crippen LogP contribution in [0, 0.1) is 18.3 Å². The summed E-state index contributed by atoms with van der Waals surface area (Å²) in [6.45, 7) is 2.01. The molecular formula is C19H22N4O. The van der Waals surface area contributed by atoms with Gasteiger partial charge in [-0.25, -0.2) is 0 Å². The number of guanidine groups is 1. The summed E-state index contributed by atoms with van der Waals surface area (Å²) in [5.41, 5.74) is 3.17. The number of hydrogen-bond donors (Lipinski definition) is 3. The van der Waals surface area contributed by atoms with Crippen LogP contribution in [0.15, 0.2) is 42.7 Å². The lowest BCUT2D eigenvalue weighted by Crippen LogP contribution is -2.52. The lowest BCUT2D eigenvalue weighted by Gasteiger charge is -2.31. The molecule has 0 spiro atoms. The first-order valence-corrected chi connectivity index (χ1v) is 8.12. The van der Waals surface area contributed by atoms with Crippen LogP contribution in [0.25, 0.3) is 11.1 Å². The molecule has 3 rings (SSSR count). The maximum Gasteiger partial charge on any atom is 0.189 e. The number of nitrogens with one attached hydrogen (secondary N) is 3. The van der Waals surface area contributed by atoms with E-state index in [9.17, 15) is 4.79 Å². The predicted molar refractivity (Wildman–Crippen MR) is 94.8 cm³/mol. The van der Waals surface area contributed by atoms with Crippen molar-refractivity contribution in [3.05, 3.63) is 53.9 Å². The monoisotopic (exact) mass is 322 g/mol. The highest BCUT2D eigenvalue weighted by Gasteiger charge is 2.47. The molecule has 24 heavy (non-hydrogen) atoms. The van der Waals surface area contributed by atoms with Gasteiger partial charge in [0.05, 0.1) is 0 Å². The van der Waals surface area contributed by atoms with Crippen molar-refractivity contribution >= 4 is 12.2 Å². The predicted octanol–water partition coefficient (Wildman–Crippen LogP) is 2.60. The standard InChI is InChI=1S/C19H22N4O/c1-13-8-15(11-22-10-13)14-4-3-5-17(9-14)19(12-24,16-6-7-16)23-18(20)21-2/h3-5,8-12,16H,6-7H2,1-2H3,(H3,20,21,23). The molecule has 2 aromatic rings. The molecule has 1 aromatic carbocycles. The second-order valence-corrected chi connectivity index (χ2v) is 6.34. The second-order valence-electron chi connectivity index (χ2n) is 6.34. The first-order valence-electron chi connectivity index (χ1n) is 8.12. The smallest absolute Gasteiger partial charge is 0.189 e. The lowest BCUT2D eigenvalue weighted by molar-refractivity contribution is -0.114. The Morgan fingerprint density at radius 2 is 2.08 bits per heavy atom. The molecule has 0 amide bonds. The van der Waals surface area contributed by atoms with Crippen LogP contribution >= 0.6 is 0 Å². The van der Waals surface area contributed by atoms with Gasteiger partial charge in [0.1, 0.15) is 11.8 Å². The van der Waals surface area contributed by atoms with E-state index < -0.39 is 5.54 Å². The zero-order chi connectivity index (χ0) is 17.2. The zero-order valence-corrected chi connectivity index (χ0v) is 14.0. The van der Waals surface area contributed by atoms with Crippen molar-refractivity contribution in [2.45, 2.75) is 25.3 Å². The molecule has 1 aliphatic rings. The van der Waals surface area contributed by atoms with E-state index in [0.29, 0.717) is 0 Å². The molecule has 124 valence electrons. The quantitative estimate of drug-likeness (QED) is 0.449. The summed E-state index contributed by atoms with van der Waals surface area (Å²) in [5.74, 6) is 0.367. The third-order valence-electron chi connectivity index (χ3n) is 4.54. The Kier molecular flexibility index (Phi) is 4.34. The maximum atomic E-state index is 12.1. The summed E-state index contributed by atoms with van der Waals surface area (Å²) in [6.07, 6.45) is 6.57. The van der Waals surface area contributed by atoms with Crippen LogP contribution in [0.3, 0.4) is 0 Å². The summed E-state index contributed by atoms with van der Waals surface area (Å²) in [5, 5.41) is 13.8. The highest BCUT2D eigenvalue weighted by atomic mass is 16.1. The largest absolute Gasteiger partial charge is 0.360 e. The molecule has 1 aliphatic carbocycles. The molecule has 5 heteroatoms. The van der Waals surface area contributed by atoms with E-state index in [1.54, 1.807) is 7.05 Å². The number of aryl methyl sites for hydroxylation is 1. The van der Waals surface area contributed by atoms with E-state index in [2.05, 4.69) is 21.7 Å². The second kappa shape index (κ2) is 6.43. The van der Waals surface area contributed by atoms with Gasteiger partial charge < -0.3 is 15.4 Å². The molecule has 1 saturated carbocycles. The minimum Gasteiger partial charge on any atom is -0.360 e. The van der Waals surface area contributed by atoms with Crippen LogP contribution in [-0.4, -0.2) is 24.3 Å². The Labute approximate surface area is 142 Å². The number of benzene rings is 1. The molecule has 1 heterocycles. The first kappa shape index (κ1) is 16.2. The SMILES string of the molecule is CNC(=N)NC(C=O)(c1cccc(-c2cncc(C)c2)c1)C1CC1. The number of pyridine rings is 1. The van der Waals surface area contributed by atoms with Crippen LogP contribution in [0.5, 0.6) is 0 Å². The van der Waals surface area contributed by atoms with Gasteiger partial charge in [0.2, 0.25) is 0 Å². The molecule has 1 atom stereocenters. The van der Waals surface area contributed by atoms with E-state index in [1.165, 1.54) is 0 Å². The lowest BCUT2D eigenvalue weighted by atomic mass is 9.85. The molecule has 0 aliphatic heterocycles. The van der Waals surface area contributed by atoms with Crippen molar-refractivity contribution in [1.29, 1.82) is 5.41 Å². The van der Waals surface area contributed by atoms with Crippen LogP contribution < -0.4 is 10.6 Å². The number of aldehydes is 1. The Balaban J connectivity index is 2.04. The fourth-order valence-electron chi connectivity index (χ4n) is 3.08. The highest BCUT2D eigenvalue weighted by molar-refractivity contribution is 5.84. The minimum atomic E-state index is -0.854. The van der Waals surface area contributed by atoms with E-state index in [4.69, 9.17) is 5.41 Å². The van der Waals surface area contributed by atoms with Crippen LogP contribution in [0.1, 0.15) is 24.0 Å². The fourth-order valence-corrected chi connectivity index (χ4v) is 3.08. The Morgan fingerprint density at radius 1 is 1.29 bits per heavy atom. The van der Waals surface area contributed by atoms with E-state index in [1.807, 2.05) is 43.6 Å².